The Labute approximate surface area is 140 Å². The lowest BCUT2D eigenvalue weighted by atomic mass is 10.2. The number of esters is 1. The van der Waals surface area contributed by atoms with Gasteiger partial charge in [-0.2, -0.15) is 0 Å². The molecule has 3 rings (SSSR count). The van der Waals surface area contributed by atoms with E-state index in [2.05, 4.69) is 10.3 Å². The van der Waals surface area contributed by atoms with Gasteiger partial charge in [0.1, 0.15) is 4.88 Å². The lowest BCUT2D eigenvalue weighted by molar-refractivity contribution is 0.0531. The van der Waals surface area contributed by atoms with Crippen LogP contribution in [-0.2, 0) is 4.74 Å². The van der Waals surface area contributed by atoms with Crippen LogP contribution in [0.3, 0.4) is 0 Å². The lowest BCUT2D eigenvalue weighted by Gasteiger charge is -2.02. The first-order valence-electron chi connectivity index (χ1n) is 7.00. The Morgan fingerprint density at radius 3 is 2.91 bits per heavy atom. The molecule has 0 bridgehead atoms. The van der Waals surface area contributed by atoms with Gasteiger partial charge >= 0.3 is 5.97 Å². The fraction of sp³-hybridized carbons (Fsp3) is 0.188. The maximum absolute atomic E-state index is 12.4. The second-order valence-electron chi connectivity index (χ2n) is 4.83. The Hall–Kier alpha value is -2.25. The summed E-state index contributed by atoms with van der Waals surface area (Å²) in [6.07, 6.45) is 0. The van der Waals surface area contributed by atoms with Gasteiger partial charge in [0.2, 0.25) is 0 Å². The number of carbonyl (C=O) groups excluding carboxylic acids is 2. The predicted octanol–water partition coefficient (Wildman–Crippen LogP) is 4.10. The molecule has 5 nitrogen and oxygen atoms in total. The van der Waals surface area contributed by atoms with Crippen LogP contribution in [0.5, 0.6) is 0 Å². The summed E-state index contributed by atoms with van der Waals surface area (Å²) in [6, 6.07) is 7.16. The zero-order chi connectivity index (χ0) is 16.4. The van der Waals surface area contributed by atoms with Crippen LogP contribution in [0.2, 0.25) is 0 Å². The van der Waals surface area contributed by atoms with Crippen LogP contribution in [0.25, 0.3) is 10.2 Å². The highest BCUT2D eigenvalue weighted by Crippen LogP contribution is 2.28. The molecular weight excluding hydrogens is 332 g/mol. The Kier molecular flexibility index (Phi) is 4.40. The number of rotatable bonds is 4. The molecule has 1 aromatic carbocycles. The van der Waals surface area contributed by atoms with E-state index in [1.165, 1.54) is 22.7 Å². The number of thiazole rings is 1. The van der Waals surface area contributed by atoms with Gasteiger partial charge in [0.25, 0.3) is 5.91 Å². The summed E-state index contributed by atoms with van der Waals surface area (Å²) in [7, 11) is 0. The molecule has 23 heavy (non-hydrogen) atoms. The standard InChI is InChI=1S/C16H14N2O3S2/c1-3-21-16(20)14-9(2)6-13(23-14)18-15(19)10-4-5-11-12(7-10)22-8-17-11/h4-8H,3H2,1-2H3,(H,18,19). The van der Waals surface area contributed by atoms with E-state index in [-0.39, 0.29) is 11.9 Å². The van der Waals surface area contributed by atoms with Gasteiger partial charge in [0.15, 0.2) is 0 Å². The average molecular weight is 346 g/mol. The summed E-state index contributed by atoms with van der Waals surface area (Å²) in [6.45, 7) is 3.91. The van der Waals surface area contributed by atoms with Crippen molar-refractivity contribution < 1.29 is 14.3 Å². The fourth-order valence-electron chi connectivity index (χ4n) is 2.12. The molecule has 1 N–H and O–H groups in total. The number of thiophene rings is 1. The van der Waals surface area contributed by atoms with E-state index in [1.54, 1.807) is 24.6 Å². The van der Waals surface area contributed by atoms with Crippen molar-refractivity contribution in [3.63, 3.8) is 0 Å². The molecule has 0 radical (unpaired) electrons. The van der Waals surface area contributed by atoms with E-state index < -0.39 is 0 Å². The molecule has 0 unspecified atom stereocenters. The lowest BCUT2D eigenvalue weighted by Crippen LogP contribution is -2.10. The second-order valence-corrected chi connectivity index (χ2v) is 6.77. The molecule has 3 aromatic rings. The van der Waals surface area contributed by atoms with Gasteiger partial charge in [-0.3, -0.25) is 4.79 Å². The number of fused-ring (bicyclic) bond motifs is 1. The molecule has 2 aromatic heterocycles. The number of hydrogen-bond acceptors (Lipinski definition) is 6. The molecule has 0 saturated heterocycles. The fourth-order valence-corrected chi connectivity index (χ4v) is 3.80. The number of nitrogens with zero attached hydrogens (tertiary/aromatic N) is 1. The Balaban J connectivity index is 1.79. The first kappa shape index (κ1) is 15.6. The SMILES string of the molecule is CCOC(=O)c1sc(NC(=O)c2ccc3ncsc3c2)cc1C. The van der Waals surface area contributed by atoms with Gasteiger partial charge in [0, 0.05) is 5.56 Å². The summed E-state index contributed by atoms with van der Waals surface area (Å²) in [4.78, 5) is 28.9. The molecule has 0 aliphatic heterocycles. The van der Waals surface area contributed by atoms with Crippen LogP contribution in [0.15, 0.2) is 29.8 Å². The highest BCUT2D eigenvalue weighted by atomic mass is 32.1. The van der Waals surface area contributed by atoms with Gasteiger partial charge in [-0.15, -0.1) is 22.7 Å². The third-order valence-corrected chi connectivity index (χ3v) is 5.13. The van der Waals surface area contributed by atoms with Gasteiger partial charge < -0.3 is 10.1 Å². The number of carbonyl (C=O) groups is 2. The van der Waals surface area contributed by atoms with Crippen molar-refractivity contribution in [2.24, 2.45) is 0 Å². The maximum Gasteiger partial charge on any atom is 0.348 e. The van der Waals surface area contributed by atoms with E-state index in [9.17, 15) is 9.59 Å². The molecule has 1 amide bonds. The number of benzene rings is 1. The third-order valence-electron chi connectivity index (χ3n) is 3.21. The zero-order valence-corrected chi connectivity index (χ0v) is 14.2. The van der Waals surface area contributed by atoms with E-state index in [0.717, 1.165) is 15.8 Å². The number of hydrogen-bond donors (Lipinski definition) is 1. The highest BCUT2D eigenvalue weighted by molar-refractivity contribution is 7.18. The number of nitrogens with one attached hydrogen (secondary N) is 1. The Bertz CT molecular complexity index is 882. The number of ether oxygens (including phenoxy) is 1. The van der Waals surface area contributed by atoms with Gasteiger partial charge in [-0.25, -0.2) is 9.78 Å². The minimum atomic E-state index is -0.360. The van der Waals surface area contributed by atoms with Crippen molar-refractivity contribution in [3.8, 4) is 0 Å². The first-order chi connectivity index (χ1) is 11.1. The third kappa shape index (κ3) is 3.25. The molecule has 0 aliphatic carbocycles. The monoisotopic (exact) mass is 346 g/mol. The van der Waals surface area contributed by atoms with Crippen LogP contribution in [0.1, 0.15) is 32.5 Å². The van der Waals surface area contributed by atoms with Crippen molar-refractivity contribution in [1.82, 2.24) is 4.98 Å². The minimum Gasteiger partial charge on any atom is -0.462 e. The van der Waals surface area contributed by atoms with E-state index in [1.807, 2.05) is 19.1 Å². The number of aromatic nitrogens is 1. The number of amides is 1. The van der Waals surface area contributed by atoms with Crippen molar-refractivity contribution in [3.05, 3.63) is 45.8 Å². The molecule has 2 heterocycles. The van der Waals surface area contributed by atoms with Crippen LogP contribution in [-0.4, -0.2) is 23.5 Å². The van der Waals surface area contributed by atoms with Crippen molar-refractivity contribution in [2.45, 2.75) is 13.8 Å². The second kappa shape index (κ2) is 6.47. The maximum atomic E-state index is 12.4. The normalized spacial score (nSPS) is 10.7. The van der Waals surface area contributed by atoms with Crippen LogP contribution in [0, 0.1) is 6.92 Å². The summed E-state index contributed by atoms with van der Waals surface area (Å²) < 4.78 is 5.97. The molecule has 7 heteroatoms. The zero-order valence-electron chi connectivity index (χ0n) is 12.6. The first-order valence-corrected chi connectivity index (χ1v) is 8.70. The Morgan fingerprint density at radius 2 is 2.13 bits per heavy atom. The van der Waals surface area contributed by atoms with Gasteiger partial charge in [0.05, 0.1) is 27.3 Å². The minimum absolute atomic E-state index is 0.211. The Morgan fingerprint density at radius 1 is 1.30 bits per heavy atom. The molecule has 0 fully saturated rings. The van der Waals surface area contributed by atoms with E-state index in [0.29, 0.717) is 22.0 Å². The van der Waals surface area contributed by atoms with Gasteiger partial charge in [-0.05, 0) is 43.7 Å². The summed E-state index contributed by atoms with van der Waals surface area (Å²) in [5, 5.41) is 3.45. The largest absolute Gasteiger partial charge is 0.462 e. The summed E-state index contributed by atoms with van der Waals surface area (Å²) in [5.74, 6) is -0.571. The molecule has 0 saturated carbocycles. The quantitative estimate of drug-likeness (QED) is 0.722. The highest BCUT2D eigenvalue weighted by Gasteiger charge is 2.16. The summed E-state index contributed by atoms with van der Waals surface area (Å²) in [5.41, 5.74) is 3.98. The van der Waals surface area contributed by atoms with E-state index >= 15 is 0 Å². The smallest absolute Gasteiger partial charge is 0.348 e. The predicted molar refractivity (Wildman–Crippen MR) is 92.6 cm³/mol. The summed E-state index contributed by atoms with van der Waals surface area (Å²) >= 11 is 2.71. The van der Waals surface area contributed by atoms with Crippen molar-refractivity contribution in [2.75, 3.05) is 11.9 Å². The average Bonchev–Trinajstić information content (AvgIpc) is 3.13. The number of anilines is 1. The molecule has 0 atom stereocenters. The molecule has 0 spiro atoms. The van der Waals surface area contributed by atoms with E-state index in [4.69, 9.17) is 4.74 Å². The van der Waals surface area contributed by atoms with Crippen LogP contribution < -0.4 is 5.32 Å². The topological polar surface area (TPSA) is 68.3 Å². The number of aryl methyl sites for hydroxylation is 1. The van der Waals surface area contributed by atoms with Crippen molar-refractivity contribution >= 4 is 49.8 Å². The van der Waals surface area contributed by atoms with Crippen molar-refractivity contribution in [1.29, 1.82) is 0 Å². The van der Waals surface area contributed by atoms with Gasteiger partial charge in [-0.1, -0.05) is 0 Å². The molecule has 0 aliphatic rings. The van der Waals surface area contributed by atoms with Crippen LogP contribution in [0.4, 0.5) is 5.00 Å². The van der Waals surface area contributed by atoms with Crippen LogP contribution >= 0.6 is 22.7 Å². The molecule has 118 valence electrons. The molecular formula is C16H14N2O3S2.